The van der Waals surface area contributed by atoms with Gasteiger partial charge in [-0.2, -0.15) is 0 Å². The minimum Gasteiger partial charge on any atom is -0.348 e. The molecule has 0 bridgehead atoms. The highest BCUT2D eigenvalue weighted by atomic mass is 16.1. The molecule has 3 heterocycles. The van der Waals surface area contributed by atoms with Crippen LogP contribution < -0.4 is 10.9 Å². The smallest absolute Gasteiger partial charge is 0.253 e. The van der Waals surface area contributed by atoms with E-state index in [0.717, 1.165) is 38.0 Å². The van der Waals surface area contributed by atoms with E-state index in [4.69, 9.17) is 0 Å². The van der Waals surface area contributed by atoms with Gasteiger partial charge in [0.2, 0.25) is 0 Å². The zero-order chi connectivity index (χ0) is 16.9. The number of piperidine rings is 1. The Hall–Kier alpha value is -2.47. The number of likely N-dealkylation sites (tertiary alicyclic amines) is 1. The van der Waals surface area contributed by atoms with Crippen LogP contribution in [0.1, 0.15) is 28.8 Å². The van der Waals surface area contributed by atoms with Gasteiger partial charge in [0.25, 0.3) is 11.5 Å². The van der Waals surface area contributed by atoms with Crippen molar-refractivity contribution >= 4 is 5.91 Å². The molecular formula is C18H22N4O2. The lowest BCUT2D eigenvalue weighted by Gasteiger charge is -2.33. The van der Waals surface area contributed by atoms with E-state index in [1.165, 1.54) is 0 Å². The number of hydrogen-bond acceptors (Lipinski definition) is 4. The predicted molar refractivity (Wildman–Crippen MR) is 91.7 cm³/mol. The number of amides is 1. The number of hydrogen-bond donors (Lipinski definition) is 1. The van der Waals surface area contributed by atoms with Gasteiger partial charge in [-0.1, -0.05) is 0 Å². The van der Waals surface area contributed by atoms with Crippen LogP contribution in [0.2, 0.25) is 0 Å². The lowest BCUT2D eigenvalue weighted by molar-refractivity contribution is 0.0900. The Morgan fingerprint density at radius 2 is 2.29 bits per heavy atom. The zero-order valence-electron chi connectivity index (χ0n) is 13.8. The topological polar surface area (TPSA) is 67.2 Å². The van der Waals surface area contributed by atoms with E-state index in [1.807, 2.05) is 6.07 Å². The number of rotatable bonds is 4. The molecule has 1 aliphatic heterocycles. The van der Waals surface area contributed by atoms with Crippen molar-refractivity contribution in [3.05, 3.63) is 64.3 Å². The van der Waals surface area contributed by atoms with Gasteiger partial charge in [-0.15, -0.1) is 0 Å². The first-order chi connectivity index (χ1) is 11.6. The Balaban J connectivity index is 1.59. The molecule has 2 aromatic rings. The molecule has 0 spiro atoms. The number of nitrogens with one attached hydrogen (secondary N) is 1. The van der Waals surface area contributed by atoms with E-state index in [0.29, 0.717) is 5.56 Å². The molecule has 3 rings (SSSR count). The largest absolute Gasteiger partial charge is 0.348 e. The SMILES string of the molecule is Cn1ccc(CN2CCCC(NC(=O)c3cccnc3)C2)cc1=O. The summed E-state index contributed by atoms with van der Waals surface area (Å²) in [5, 5.41) is 3.08. The molecule has 0 aromatic carbocycles. The molecule has 0 aliphatic carbocycles. The fourth-order valence-electron chi connectivity index (χ4n) is 3.03. The van der Waals surface area contributed by atoms with Crippen LogP contribution in [0.25, 0.3) is 0 Å². The van der Waals surface area contributed by atoms with Crippen LogP contribution in [0.3, 0.4) is 0 Å². The third-order valence-electron chi connectivity index (χ3n) is 4.34. The van der Waals surface area contributed by atoms with E-state index in [-0.39, 0.29) is 17.5 Å². The number of carbonyl (C=O) groups is 1. The maximum Gasteiger partial charge on any atom is 0.253 e. The summed E-state index contributed by atoms with van der Waals surface area (Å²) >= 11 is 0. The molecule has 0 saturated carbocycles. The first-order valence-corrected chi connectivity index (χ1v) is 8.20. The maximum atomic E-state index is 12.2. The quantitative estimate of drug-likeness (QED) is 0.916. The molecule has 1 aliphatic rings. The van der Waals surface area contributed by atoms with E-state index in [9.17, 15) is 9.59 Å². The van der Waals surface area contributed by atoms with Crippen LogP contribution >= 0.6 is 0 Å². The molecule has 6 nitrogen and oxygen atoms in total. The van der Waals surface area contributed by atoms with Crippen molar-refractivity contribution in [1.82, 2.24) is 19.8 Å². The molecule has 126 valence electrons. The number of pyridine rings is 2. The van der Waals surface area contributed by atoms with Gasteiger partial charge in [0.15, 0.2) is 0 Å². The minimum atomic E-state index is -0.0801. The second-order valence-electron chi connectivity index (χ2n) is 6.27. The third-order valence-corrected chi connectivity index (χ3v) is 4.34. The Labute approximate surface area is 141 Å². The number of aromatic nitrogens is 2. The monoisotopic (exact) mass is 326 g/mol. The van der Waals surface area contributed by atoms with Crippen LogP contribution in [0, 0.1) is 0 Å². The fourth-order valence-corrected chi connectivity index (χ4v) is 3.03. The molecular weight excluding hydrogens is 304 g/mol. The van der Waals surface area contributed by atoms with Crippen molar-refractivity contribution in [3.63, 3.8) is 0 Å². The third kappa shape index (κ3) is 4.08. The van der Waals surface area contributed by atoms with Crippen molar-refractivity contribution in [2.45, 2.75) is 25.4 Å². The van der Waals surface area contributed by atoms with Gasteiger partial charge in [-0.3, -0.25) is 19.5 Å². The molecule has 1 amide bonds. The Kier molecular flexibility index (Phi) is 5.05. The van der Waals surface area contributed by atoms with E-state index >= 15 is 0 Å². The highest BCUT2D eigenvalue weighted by Gasteiger charge is 2.22. The van der Waals surface area contributed by atoms with Crippen molar-refractivity contribution in [2.24, 2.45) is 7.05 Å². The summed E-state index contributed by atoms with van der Waals surface area (Å²) in [6, 6.07) is 7.30. The summed E-state index contributed by atoms with van der Waals surface area (Å²) in [6.07, 6.45) is 7.03. The summed E-state index contributed by atoms with van der Waals surface area (Å²) in [4.78, 5) is 30.2. The van der Waals surface area contributed by atoms with E-state index < -0.39 is 0 Å². The van der Waals surface area contributed by atoms with Crippen molar-refractivity contribution < 1.29 is 4.79 Å². The Bertz CT molecular complexity index is 757. The van der Waals surface area contributed by atoms with Gasteiger partial charge < -0.3 is 9.88 Å². The summed E-state index contributed by atoms with van der Waals surface area (Å²) in [5.74, 6) is -0.0801. The molecule has 24 heavy (non-hydrogen) atoms. The molecule has 0 radical (unpaired) electrons. The molecule has 1 unspecified atom stereocenters. The average Bonchev–Trinajstić information content (AvgIpc) is 2.59. The van der Waals surface area contributed by atoms with Crippen LogP contribution in [-0.2, 0) is 13.6 Å². The first-order valence-electron chi connectivity index (χ1n) is 8.20. The van der Waals surface area contributed by atoms with Gasteiger partial charge in [-0.25, -0.2) is 0 Å². The summed E-state index contributed by atoms with van der Waals surface area (Å²) in [7, 11) is 1.75. The highest BCUT2D eigenvalue weighted by Crippen LogP contribution is 2.13. The molecule has 1 fully saturated rings. The second kappa shape index (κ2) is 7.40. The molecule has 1 saturated heterocycles. The lowest BCUT2D eigenvalue weighted by atomic mass is 10.0. The molecule has 2 aromatic heterocycles. The fraction of sp³-hybridized carbons (Fsp3) is 0.389. The van der Waals surface area contributed by atoms with Crippen LogP contribution in [-0.4, -0.2) is 39.5 Å². The molecule has 1 atom stereocenters. The summed E-state index contributed by atoms with van der Waals surface area (Å²) < 4.78 is 1.57. The maximum absolute atomic E-state index is 12.2. The van der Waals surface area contributed by atoms with Crippen molar-refractivity contribution in [1.29, 1.82) is 0 Å². The van der Waals surface area contributed by atoms with Crippen LogP contribution in [0.5, 0.6) is 0 Å². The van der Waals surface area contributed by atoms with Gasteiger partial charge >= 0.3 is 0 Å². The number of aryl methyl sites for hydroxylation is 1. The zero-order valence-corrected chi connectivity index (χ0v) is 13.8. The Morgan fingerprint density at radius 3 is 3.04 bits per heavy atom. The lowest BCUT2D eigenvalue weighted by Crippen LogP contribution is -2.47. The van der Waals surface area contributed by atoms with Gasteiger partial charge in [0.1, 0.15) is 0 Å². The normalized spacial score (nSPS) is 18.3. The van der Waals surface area contributed by atoms with E-state index in [2.05, 4.69) is 15.2 Å². The van der Waals surface area contributed by atoms with Crippen molar-refractivity contribution in [2.75, 3.05) is 13.1 Å². The number of nitrogens with zero attached hydrogens (tertiary/aromatic N) is 3. The average molecular weight is 326 g/mol. The van der Waals surface area contributed by atoms with Crippen molar-refractivity contribution in [3.8, 4) is 0 Å². The predicted octanol–water partition coefficient (Wildman–Crippen LogP) is 1.17. The molecule has 1 N–H and O–H groups in total. The van der Waals surface area contributed by atoms with Crippen LogP contribution in [0.15, 0.2) is 47.7 Å². The highest BCUT2D eigenvalue weighted by molar-refractivity contribution is 5.94. The van der Waals surface area contributed by atoms with Gasteiger partial charge in [0.05, 0.1) is 5.56 Å². The van der Waals surface area contributed by atoms with Gasteiger partial charge in [0, 0.05) is 50.8 Å². The summed E-state index contributed by atoms with van der Waals surface area (Å²) in [6.45, 7) is 2.50. The van der Waals surface area contributed by atoms with Crippen LogP contribution in [0.4, 0.5) is 0 Å². The summed E-state index contributed by atoms with van der Waals surface area (Å²) in [5.41, 5.74) is 1.60. The standard InChI is InChI=1S/C18H22N4O2/c1-21-9-6-14(10-17(21)23)12-22-8-3-5-16(13-22)20-18(24)15-4-2-7-19-11-15/h2,4,6-7,9-11,16H,3,5,8,12-13H2,1H3,(H,20,24). The second-order valence-corrected chi connectivity index (χ2v) is 6.27. The van der Waals surface area contributed by atoms with E-state index in [1.54, 1.807) is 48.4 Å². The minimum absolute atomic E-state index is 0.00550. The Morgan fingerprint density at radius 1 is 1.42 bits per heavy atom. The molecule has 6 heteroatoms. The first kappa shape index (κ1) is 16.4. The number of carbonyl (C=O) groups excluding carboxylic acids is 1. The van der Waals surface area contributed by atoms with Gasteiger partial charge in [-0.05, 0) is 43.1 Å².